The van der Waals surface area contributed by atoms with E-state index in [9.17, 15) is 9.90 Å². The Balaban J connectivity index is 1.31. The van der Waals surface area contributed by atoms with Gasteiger partial charge < -0.3 is 15.3 Å². The van der Waals surface area contributed by atoms with Crippen molar-refractivity contribution < 1.29 is 9.90 Å². The van der Waals surface area contributed by atoms with Crippen molar-refractivity contribution in [1.82, 2.24) is 15.2 Å². The molecule has 2 aromatic carbocycles. The fourth-order valence-corrected chi connectivity index (χ4v) is 4.48. The highest BCUT2D eigenvalue weighted by Crippen LogP contribution is 2.26. The summed E-state index contributed by atoms with van der Waals surface area (Å²) in [4.78, 5) is 18.7. The second-order valence-electron chi connectivity index (χ2n) is 8.84. The van der Waals surface area contributed by atoms with Crippen molar-refractivity contribution in [2.45, 2.75) is 50.9 Å². The molecule has 1 aliphatic heterocycles. The Morgan fingerprint density at radius 2 is 1.84 bits per heavy atom. The molecule has 2 heterocycles. The summed E-state index contributed by atoms with van der Waals surface area (Å²) >= 11 is 0. The number of benzene rings is 2. The first-order valence-electron chi connectivity index (χ1n) is 11.2. The Hall–Kier alpha value is -3.02. The van der Waals surface area contributed by atoms with Gasteiger partial charge in [-0.3, -0.25) is 9.78 Å². The summed E-state index contributed by atoms with van der Waals surface area (Å²) < 4.78 is 0. The summed E-state index contributed by atoms with van der Waals surface area (Å²) in [5, 5.41) is 14.3. The summed E-state index contributed by atoms with van der Waals surface area (Å²) in [5.74, 6) is 0.00287. The lowest BCUT2D eigenvalue weighted by molar-refractivity contribution is 0.0785. The van der Waals surface area contributed by atoms with Crippen LogP contribution >= 0.6 is 0 Å². The van der Waals surface area contributed by atoms with E-state index in [4.69, 9.17) is 0 Å². The number of hydrogen-bond acceptors (Lipinski definition) is 4. The second kappa shape index (κ2) is 10.1. The van der Waals surface area contributed by atoms with Crippen LogP contribution in [0.4, 0.5) is 0 Å². The van der Waals surface area contributed by atoms with Crippen molar-refractivity contribution >= 4 is 5.91 Å². The van der Waals surface area contributed by atoms with E-state index >= 15 is 0 Å². The number of nitrogens with one attached hydrogen (secondary N) is 1. The zero-order valence-electron chi connectivity index (χ0n) is 18.7. The van der Waals surface area contributed by atoms with Crippen LogP contribution in [0.25, 0.3) is 0 Å². The van der Waals surface area contributed by atoms with Crippen molar-refractivity contribution in [3.8, 4) is 0 Å². The summed E-state index contributed by atoms with van der Waals surface area (Å²) in [6, 6.07) is 20.2. The topological polar surface area (TPSA) is 65.5 Å². The fraction of sp³-hybridized carbons (Fsp3) is 0.333. The lowest BCUT2D eigenvalue weighted by Gasteiger charge is -2.20. The average Bonchev–Trinajstić information content (AvgIpc) is 3.27. The first kappa shape index (κ1) is 22.2. The smallest absolute Gasteiger partial charge is 0.253 e. The van der Waals surface area contributed by atoms with Gasteiger partial charge in [-0.2, -0.15) is 0 Å². The molecule has 1 fully saturated rings. The average molecular weight is 430 g/mol. The van der Waals surface area contributed by atoms with Gasteiger partial charge in [0.2, 0.25) is 0 Å². The van der Waals surface area contributed by atoms with Gasteiger partial charge in [0.25, 0.3) is 5.91 Å². The van der Waals surface area contributed by atoms with Crippen LogP contribution in [0.5, 0.6) is 0 Å². The Morgan fingerprint density at radius 3 is 2.56 bits per heavy atom. The molecule has 166 valence electrons. The molecule has 3 atom stereocenters. The van der Waals surface area contributed by atoms with E-state index in [0.29, 0.717) is 18.2 Å². The van der Waals surface area contributed by atoms with Crippen molar-refractivity contribution in [2.75, 3.05) is 7.05 Å². The van der Waals surface area contributed by atoms with Gasteiger partial charge in [0.05, 0.1) is 6.10 Å². The largest absolute Gasteiger partial charge is 0.387 e. The van der Waals surface area contributed by atoms with E-state index in [1.54, 1.807) is 11.1 Å². The monoisotopic (exact) mass is 429 g/mol. The summed E-state index contributed by atoms with van der Waals surface area (Å²) in [7, 11) is 1.82. The lowest BCUT2D eigenvalue weighted by atomic mass is 10.0. The van der Waals surface area contributed by atoms with Crippen LogP contribution in [0.15, 0.2) is 73.1 Å². The predicted octanol–water partition coefficient (Wildman–Crippen LogP) is 4.06. The highest BCUT2D eigenvalue weighted by Gasteiger charge is 2.29. The minimum atomic E-state index is -0.486. The van der Waals surface area contributed by atoms with Crippen LogP contribution in [0, 0.1) is 6.92 Å². The molecule has 0 radical (unpaired) electrons. The van der Waals surface area contributed by atoms with E-state index in [0.717, 1.165) is 36.0 Å². The third-order valence-corrected chi connectivity index (χ3v) is 6.18. The molecule has 5 nitrogen and oxygen atoms in total. The standard InChI is InChI=1S/C27H31N3O2/c1-19-14-21(17-28-16-19)18-30(2)27(32)23-10-8-20(9-11-23)15-24-12-13-25(29-24)26(31)22-6-4-3-5-7-22/h3-11,14,16-17,24-26,29,31H,12-13,15,18H2,1-2H3/t24-,25+,26+/m0/s1. The number of aliphatic hydroxyl groups is 1. The number of pyridine rings is 1. The zero-order valence-corrected chi connectivity index (χ0v) is 18.7. The van der Waals surface area contributed by atoms with Crippen molar-refractivity contribution in [3.63, 3.8) is 0 Å². The van der Waals surface area contributed by atoms with E-state index in [-0.39, 0.29) is 11.9 Å². The number of hydrogen-bond donors (Lipinski definition) is 2. The molecule has 3 aromatic rings. The third kappa shape index (κ3) is 5.42. The van der Waals surface area contributed by atoms with Gasteiger partial charge in [-0.1, -0.05) is 48.5 Å². The summed E-state index contributed by atoms with van der Waals surface area (Å²) in [6.45, 7) is 2.53. The van der Waals surface area contributed by atoms with Crippen LogP contribution in [0.2, 0.25) is 0 Å². The van der Waals surface area contributed by atoms with Crippen LogP contribution < -0.4 is 5.32 Å². The number of amides is 1. The molecular formula is C27H31N3O2. The minimum Gasteiger partial charge on any atom is -0.387 e. The number of aromatic nitrogens is 1. The quantitative estimate of drug-likeness (QED) is 0.595. The Kier molecular flexibility index (Phi) is 6.98. The van der Waals surface area contributed by atoms with Gasteiger partial charge in [0, 0.05) is 43.6 Å². The Morgan fingerprint density at radius 1 is 1.09 bits per heavy atom. The molecule has 5 heteroatoms. The molecule has 32 heavy (non-hydrogen) atoms. The number of rotatable bonds is 7. The Labute approximate surface area is 190 Å². The van der Waals surface area contributed by atoms with Crippen LogP contribution in [0.1, 0.15) is 51.6 Å². The van der Waals surface area contributed by atoms with Crippen LogP contribution in [-0.4, -0.2) is 40.0 Å². The highest BCUT2D eigenvalue weighted by atomic mass is 16.3. The molecule has 0 spiro atoms. The second-order valence-corrected chi connectivity index (χ2v) is 8.84. The van der Waals surface area contributed by atoms with E-state index in [1.165, 1.54) is 5.56 Å². The molecule has 0 saturated carbocycles. The maximum absolute atomic E-state index is 12.8. The number of aryl methyl sites for hydroxylation is 1. The first-order valence-corrected chi connectivity index (χ1v) is 11.2. The molecular weight excluding hydrogens is 398 g/mol. The van der Waals surface area contributed by atoms with Crippen LogP contribution in [-0.2, 0) is 13.0 Å². The van der Waals surface area contributed by atoms with Gasteiger partial charge in [-0.25, -0.2) is 0 Å². The SMILES string of the molecule is Cc1cncc(CN(C)C(=O)c2ccc(C[C@@H]3CC[C@H]([C@H](O)c4ccccc4)N3)cc2)c1. The van der Waals surface area contributed by atoms with Crippen molar-refractivity contribution in [2.24, 2.45) is 0 Å². The van der Waals surface area contributed by atoms with E-state index in [2.05, 4.69) is 16.4 Å². The molecule has 1 aromatic heterocycles. The normalized spacial score (nSPS) is 19.0. The fourth-order valence-electron chi connectivity index (χ4n) is 4.48. The predicted molar refractivity (Wildman–Crippen MR) is 126 cm³/mol. The van der Waals surface area contributed by atoms with E-state index < -0.39 is 6.10 Å². The molecule has 0 unspecified atom stereocenters. The first-order chi connectivity index (χ1) is 15.5. The number of nitrogens with zero attached hydrogens (tertiary/aromatic N) is 2. The molecule has 4 rings (SSSR count). The summed E-state index contributed by atoms with van der Waals surface area (Å²) in [5.41, 5.74) is 4.95. The van der Waals surface area contributed by atoms with Crippen LogP contribution in [0.3, 0.4) is 0 Å². The number of carbonyl (C=O) groups is 1. The van der Waals surface area contributed by atoms with Crippen molar-refractivity contribution in [1.29, 1.82) is 0 Å². The number of aliphatic hydroxyl groups excluding tert-OH is 1. The molecule has 1 amide bonds. The maximum Gasteiger partial charge on any atom is 0.253 e. The van der Waals surface area contributed by atoms with E-state index in [1.807, 2.05) is 74.8 Å². The minimum absolute atomic E-state index is 0.00287. The van der Waals surface area contributed by atoms with Crippen molar-refractivity contribution in [3.05, 3.63) is 101 Å². The molecule has 0 aliphatic carbocycles. The third-order valence-electron chi connectivity index (χ3n) is 6.18. The van der Waals surface area contributed by atoms with Gasteiger partial charge in [-0.05, 0) is 60.6 Å². The molecule has 1 aliphatic rings. The van der Waals surface area contributed by atoms with Gasteiger partial charge in [0.1, 0.15) is 0 Å². The van der Waals surface area contributed by atoms with Gasteiger partial charge >= 0.3 is 0 Å². The molecule has 0 bridgehead atoms. The zero-order chi connectivity index (χ0) is 22.5. The summed E-state index contributed by atoms with van der Waals surface area (Å²) in [6.07, 6.45) is 6.00. The highest BCUT2D eigenvalue weighted by molar-refractivity contribution is 5.94. The lowest BCUT2D eigenvalue weighted by Crippen LogP contribution is -2.35. The van der Waals surface area contributed by atoms with Gasteiger partial charge in [0.15, 0.2) is 0 Å². The molecule has 1 saturated heterocycles. The molecule has 2 N–H and O–H groups in total. The van der Waals surface area contributed by atoms with Gasteiger partial charge in [-0.15, -0.1) is 0 Å². The maximum atomic E-state index is 12.8. The number of carbonyl (C=O) groups excluding carboxylic acids is 1. The Bertz CT molecular complexity index is 1040.